The molecule has 2 aromatic carbocycles. The smallest absolute Gasteiger partial charge is 0.243 e. The fourth-order valence-corrected chi connectivity index (χ4v) is 5.62. The van der Waals surface area contributed by atoms with Crippen molar-refractivity contribution >= 4 is 28.5 Å². The maximum Gasteiger partial charge on any atom is 0.243 e. The Morgan fingerprint density at radius 2 is 1.83 bits per heavy atom. The normalized spacial score (nSPS) is 22.6. The molecule has 0 spiro atoms. The summed E-state index contributed by atoms with van der Waals surface area (Å²) in [5.74, 6) is 1.61. The molecule has 4 heteroatoms. The Bertz CT molecular complexity index is 1570. The molecule has 4 nitrogen and oxygen atoms in total. The van der Waals surface area contributed by atoms with Crippen LogP contribution in [0.4, 0.5) is 0 Å². The summed E-state index contributed by atoms with van der Waals surface area (Å²) in [6.45, 7) is 8.52. The van der Waals surface area contributed by atoms with Crippen LogP contribution in [0.2, 0.25) is 0 Å². The van der Waals surface area contributed by atoms with E-state index in [1.165, 1.54) is 17.0 Å². The summed E-state index contributed by atoms with van der Waals surface area (Å²) in [5, 5.41) is 1.09. The lowest BCUT2D eigenvalue weighted by atomic mass is 9.71. The zero-order valence-electron chi connectivity index (χ0n) is 20.5. The van der Waals surface area contributed by atoms with Gasteiger partial charge in [-0.25, -0.2) is 4.99 Å². The molecule has 2 N–H and O–H groups in total. The number of nitrogens with two attached hydrogens (primary N) is 1. The van der Waals surface area contributed by atoms with E-state index in [1.807, 2.05) is 25.1 Å². The van der Waals surface area contributed by atoms with Gasteiger partial charge in [-0.2, -0.15) is 0 Å². The first-order chi connectivity index (χ1) is 16.9. The van der Waals surface area contributed by atoms with Crippen molar-refractivity contribution in [3.05, 3.63) is 102 Å². The van der Waals surface area contributed by atoms with Gasteiger partial charge in [-0.05, 0) is 56.2 Å². The molecule has 2 unspecified atom stereocenters. The molecule has 3 aromatic rings. The number of hydrogen-bond donors (Lipinski definition) is 1. The van der Waals surface area contributed by atoms with Crippen LogP contribution >= 0.6 is 0 Å². The number of aromatic nitrogens is 1. The largest absolute Gasteiger partial charge is 0.436 e. The van der Waals surface area contributed by atoms with Gasteiger partial charge in [-0.15, -0.1) is 0 Å². The Morgan fingerprint density at radius 3 is 2.63 bits per heavy atom. The van der Waals surface area contributed by atoms with E-state index in [1.54, 1.807) is 6.21 Å². The molecular formula is C31H29N3O. The Kier molecular flexibility index (Phi) is 4.75. The molecule has 2 atom stereocenters. The van der Waals surface area contributed by atoms with Gasteiger partial charge in [-0.3, -0.25) is 0 Å². The molecule has 35 heavy (non-hydrogen) atoms. The molecule has 1 aliphatic heterocycles. The van der Waals surface area contributed by atoms with Crippen molar-refractivity contribution in [3.63, 3.8) is 0 Å². The van der Waals surface area contributed by atoms with Crippen LogP contribution in [-0.2, 0) is 0 Å². The second-order valence-corrected chi connectivity index (χ2v) is 9.70. The van der Waals surface area contributed by atoms with E-state index in [9.17, 15) is 0 Å². The van der Waals surface area contributed by atoms with Crippen LogP contribution in [0.3, 0.4) is 0 Å². The minimum Gasteiger partial charge on any atom is -0.436 e. The average molecular weight is 460 g/mol. The quantitative estimate of drug-likeness (QED) is 0.414. The molecule has 2 heterocycles. The van der Waals surface area contributed by atoms with Crippen LogP contribution in [0, 0.1) is 25.2 Å². The summed E-state index contributed by atoms with van der Waals surface area (Å²) in [5.41, 5.74) is 14.8. The van der Waals surface area contributed by atoms with Crippen molar-refractivity contribution in [1.82, 2.24) is 4.57 Å². The summed E-state index contributed by atoms with van der Waals surface area (Å²) < 4.78 is 8.89. The molecule has 1 aromatic heterocycles. The molecule has 0 radical (unpaired) electrons. The fourth-order valence-electron chi connectivity index (χ4n) is 5.62. The van der Waals surface area contributed by atoms with Crippen LogP contribution in [0.1, 0.15) is 30.7 Å². The number of aliphatic imine (C=N–C) groups is 1. The monoisotopic (exact) mass is 459 g/mol. The van der Waals surface area contributed by atoms with Crippen molar-refractivity contribution in [3.8, 4) is 16.9 Å². The maximum absolute atomic E-state index is 6.57. The van der Waals surface area contributed by atoms with Crippen molar-refractivity contribution in [1.29, 1.82) is 0 Å². The number of nitrogens with zero attached hydrogens (tertiary/aromatic N) is 2. The van der Waals surface area contributed by atoms with Crippen LogP contribution in [0.25, 0.3) is 33.4 Å². The highest BCUT2D eigenvalue weighted by Gasteiger charge is 2.32. The number of hydrogen-bond acceptors (Lipinski definition) is 3. The minimum absolute atomic E-state index is 0.0445. The van der Waals surface area contributed by atoms with Crippen molar-refractivity contribution in [2.75, 3.05) is 0 Å². The Morgan fingerprint density at radius 1 is 1.03 bits per heavy atom. The van der Waals surface area contributed by atoms with E-state index in [-0.39, 0.29) is 5.41 Å². The molecular weight excluding hydrogens is 430 g/mol. The lowest BCUT2D eigenvalue weighted by Crippen LogP contribution is -2.25. The van der Waals surface area contributed by atoms with Gasteiger partial charge >= 0.3 is 0 Å². The third-order valence-corrected chi connectivity index (χ3v) is 7.61. The first-order valence-corrected chi connectivity index (χ1v) is 12.1. The van der Waals surface area contributed by atoms with Crippen LogP contribution < -0.4 is 10.5 Å². The molecule has 2 aliphatic carbocycles. The van der Waals surface area contributed by atoms with Gasteiger partial charge in [-0.1, -0.05) is 61.6 Å². The van der Waals surface area contributed by atoms with Crippen LogP contribution in [0.15, 0.2) is 89.8 Å². The van der Waals surface area contributed by atoms with E-state index in [2.05, 4.69) is 91.1 Å². The van der Waals surface area contributed by atoms with Gasteiger partial charge in [0.2, 0.25) is 5.88 Å². The lowest BCUT2D eigenvalue weighted by molar-refractivity contribution is 0.431. The summed E-state index contributed by atoms with van der Waals surface area (Å²) in [6, 6.07) is 12.5. The number of aryl methyl sites for hydroxylation is 1. The summed E-state index contributed by atoms with van der Waals surface area (Å²) in [6.07, 6.45) is 17.5. The van der Waals surface area contributed by atoms with Crippen LogP contribution in [0.5, 0.6) is 5.75 Å². The van der Waals surface area contributed by atoms with Gasteiger partial charge in [0.15, 0.2) is 0 Å². The maximum atomic E-state index is 6.57. The number of ether oxygens (including phenoxy) is 1. The standard InChI is InChI=1S/C31H29N3O/c1-5-33-30-28(32)24-12-7-6-11-23(24)25-15-16-26-27(29(25)35-30)19(2)20(3)34(26)22-14-13-21-10-8-9-17-31(21,4)18-22/h5-18,21H,32H2,1-4H3. The van der Waals surface area contributed by atoms with E-state index < -0.39 is 0 Å². The summed E-state index contributed by atoms with van der Waals surface area (Å²) >= 11 is 0. The zero-order valence-corrected chi connectivity index (χ0v) is 20.5. The van der Waals surface area contributed by atoms with Crippen molar-refractivity contribution in [2.24, 2.45) is 22.1 Å². The zero-order chi connectivity index (χ0) is 24.3. The first kappa shape index (κ1) is 21.5. The molecule has 174 valence electrons. The predicted molar refractivity (Wildman–Crippen MR) is 146 cm³/mol. The summed E-state index contributed by atoms with van der Waals surface area (Å²) in [7, 11) is 0. The minimum atomic E-state index is -0.0445. The predicted octanol–water partition coefficient (Wildman–Crippen LogP) is 7.15. The highest BCUT2D eigenvalue weighted by molar-refractivity contribution is 6.01. The van der Waals surface area contributed by atoms with Gasteiger partial charge in [0.25, 0.3) is 0 Å². The van der Waals surface area contributed by atoms with E-state index in [0.717, 1.165) is 33.3 Å². The van der Waals surface area contributed by atoms with Crippen molar-refractivity contribution in [2.45, 2.75) is 27.7 Å². The molecule has 6 rings (SSSR count). The molecule has 3 aliphatic rings. The molecule has 0 bridgehead atoms. The highest BCUT2D eigenvalue weighted by atomic mass is 16.5. The van der Waals surface area contributed by atoms with Gasteiger partial charge < -0.3 is 15.0 Å². The number of fused-ring (bicyclic) bond motifs is 6. The number of benzene rings is 2. The SMILES string of the molecule is CC=NC1=C(N)c2ccccc2-c2ccc3c(c(C)c(C)n3C3=CC4(C)C=CC=CC4C=C3)c2O1. The highest BCUT2D eigenvalue weighted by Crippen LogP contribution is 2.47. The number of rotatable bonds is 2. The van der Waals surface area contributed by atoms with E-state index in [0.29, 0.717) is 17.5 Å². The topological polar surface area (TPSA) is 52.5 Å². The molecule has 0 amide bonds. The fraction of sp³-hybridized carbons (Fsp3) is 0.194. The molecule has 0 fully saturated rings. The summed E-state index contributed by atoms with van der Waals surface area (Å²) in [4.78, 5) is 4.50. The van der Waals surface area contributed by atoms with Gasteiger partial charge in [0, 0.05) is 45.5 Å². The molecule has 0 saturated heterocycles. The van der Waals surface area contributed by atoms with E-state index >= 15 is 0 Å². The van der Waals surface area contributed by atoms with Gasteiger partial charge in [0.05, 0.1) is 5.52 Å². The van der Waals surface area contributed by atoms with Gasteiger partial charge in [0.1, 0.15) is 11.4 Å². The Labute approximate surface area is 206 Å². The van der Waals surface area contributed by atoms with E-state index in [4.69, 9.17) is 10.5 Å². The Hall–Kier alpha value is -4.05. The Balaban J connectivity index is 1.63. The van der Waals surface area contributed by atoms with Crippen LogP contribution in [-0.4, -0.2) is 10.8 Å². The van der Waals surface area contributed by atoms with Crippen molar-refractivity contribution < 1.29 is 4.74 Å². The molecule has 0 saturated carbocycles. The third-order valence-electron chi connectivity index (χ3n) is 7.61. The second kappa shape index (κ2) is 7.74. The third kappa shape index (κ3) is 3.09. The first-order valence-electron chi connectivity index (χ1n) is 12.1. The lowest BCUT2D eigenvalue weighted by Gasteiger charge is -2.34. The average Bonchev–Trinajstić information content (AvgIpc) is 3.05. The second-order valence-electron chi connectivity index (χ2n) is 9.70. The number of allylic oxidation sites excluding steroid dienone is 8.